The molecule has 3 N–H and O–H groups in total. The molecule has 0 saturated heterocycles. The number of nitrogens with one attached hydrogen (secondary N) is 1. The first kappa shape index (κ1) is 17.8. The number of nitrogens with two attached hydrogens (primary N) is 1. The van der Waals surface area contributed by atoms with E-state index in [9.17, 15) is 4.79 Å². The molecule has 0 aliphatic heterocycles. The lowest BCUT2D eigenvalue weighted by atomic mass is 9.90. The lowest BCUT2D eigenvalue weighted by Gasteiger charge is -2.16. The Morgan fingerprint density at radius 1 is 1.35 bits per heavy atom. The van der Waals surface area contributed by atoms with Crippen LogP contribution in [0.1, 0.15) is 39.0 Å². The van der Waals surface area contributed by atoms with Crippen molar-refractivity contribution < 1.29 is 4.79 Å². The molecule has 1 aromatic carbocycles. The van der Waals surface area contributed by atoms with Gasteiger partial charge in [-0.3, -0.25) is 4.79 Å². The third-order valence-electron chi connectivity index (χ3n) is 4.23. The molecule has 1 aromatic heterocycles. The summed E-state index contributed by atoms with van der Waals surface area (Å²) in [5.41, 5.74) is 9.01. The summed E-state index contributed by atoms with van der Waals surface area (Å²) in [6, 6.07) is 9.89. The Labute approximate surface area is 147 Å². The maximum absolute atomic E-state index is 12.3. The van der Waals surface area contributed by atoms with E-state index < -0.39 is 0 Å². The Kier molecular flexibility index (Phi) is 6.08. The molecule has 5 heteroatoms. The molecular formula is C18H23ClN2OS. The fourth-order valence-corrected chi connectivity index (χ4v) is 4.03. The van der Waals surface area contributed by atoms with Gasteiger partial charge in [0.05, 0.1) is 4.88 Å². The molecule has 23 heavy (non-hydrogen) atoms. The normalized spacial score (nSPS) is 16.3. The highest BCUT2D eigenvalue weighted by Crippen LogP contribution is 2.32. The minimum atomic E-state index is 0. The van der Waals surface area contributed by atoms with Gasteiger partial charge in [0, 0.05) is 17.1 Å². The number of carbonyl (C=O) groups excluding carboxylic acids is 1. The van der Waals surface area contributed by atoms with Crippen LogP contribution in [-0.2, 0) is 19.3 Å². The predicted molar refractivity (Wildman–Crippen MR) is 99.6 cm³/mol. The van der Waals surface area contributed by atoms with Crippen LogP contribution in [-0.4, -0.2) is 12.5 Å². The average molecular weight is 351 g/mol. The Hall–Kier alpha value is -1.52. The number of rotatable bonds is 4. The molecule has 0 radical (unpaired) electrons. The number of anilines is 1. The van der Waals surface area contributed by atoms with Gasteiger partial charge in [-0.1, -0.05) is 19.1 Å². The van der Waals surface area contributed by atoms with Crippen molar-refractivity contribution in [2.75, 3.05) is 12.3 Å². The van der Waals surface area contributed by atoms with Gasteiger partial charge in [0.1, 0.15) is 0 Å². The third kappa shape index (κ3) is 4.49. The Bertz CT molecular complexity index is 666. The third-order valence-corrected chi connectivity index (χ3v) is 5.47. The first-order chi connectivity index (χ1) is 10.6. The van der Waals surface area contributed by atoms with Crippen LogP contribution in [0.15, 0.2) is 30.3 Å². The molecule has 3 rings (SSSR count). The number of amides is 1. The summed E-state index contributed by atoms with van der Waals surface area (Å²) in [6.45, 7) is 2.94. The first-order valence-corrected chi connectivity index (χ1v) is 8.67. The van der Waals surface area contributed by atoms with Crippen molar-refractivity contribution in [1.29, 1.82) is 0 Å². The van der Waals surface area contributed by atoms with Crippen LogP contribution in [0.5, 0.6) is 0 Å². The first-order valence-electron chi connectivity index (χ1n) is 7.86. The van der Waals surface area contributed by atoms with Crippen LogP contribution < -0.4 is 11.1 Å². The van der Waals surface area contributed by atoms with Crippen molar-refractivity contribution in [1.82, 2.24) is 5.32 Å². The minimum Gasteiger partial charge on any atom is -0.399 e. The number of thiophene rings is 1. The Balaban J connectivity index is 0.00000192. The van der Waals surface area contributed by atoms with E-state index in [0.29, 0.717) is 6.54 Å². The zero-order valence-corrected chi connectivity index (χ0v) is 14.9. The molecule has 1 unspecified atom stereocenters. The van der Waals surface area contributed by atoms with E-state index >= 15 is 0 Å². The van der Waals surface area contributed by atoms with Crippen molar-refractivity contribution in [3.63, 3.8) is 0 Å². The predicted octanol–water partition coefficient (Wildman–Crippen LogP) is 3.85. The lowest BCUT2D eigenvalue weighted by molar-refractivity contribution is 0.0958. The molecule has 1 aliphatic carbocycles. The van der Waals surface area contributed by atoms with Crippen molar-refractivity contribution in [3.8, 4) is 0 Å². The monoisotopic (exact) mass is 350 g/mol. The van der Waals surface area contributed by atoms with Crippen molar-refractivity contribution in [3.05, 3.63) is 51.2 Å². The Morgan fingerprint density at radius 3 is 2.83 bits per heavy atom. The number of halogens is 1. The SMILES string of the molecule is CC1CCc2sc(C(=O)NCCc3ccc(N)cc3)cc2C1.Cl. The van der Waals surface area contributed by atoms with Gasteiger partial charge < -0.3 is 11.1 Å². The molecule has 124 valence electrons. The van der Waals surface area contributed by atoms with Crippen LogP contribution in [0, 0.1) is 5.92 Å². The summed E-state index contributed by atoms with van der Waals surface area (Å²) in [4.78, 5) is 14.5. The second-order valence-electron chi connectivity index (χ2n) is 6.15. The number of aryl methyl sites for hydroxylation is 1. The van der Waals surface area contributed by atoms with Gasteiger partial charge in [-0.2, -0.15) is 0 Å². The summed E-state index contributed by atoms with van der Waals surface area (Å²) in [5.74, 6) is 0.797. The highest BCUT2D eigenvalue weighted by atomic mass is 35.5. The standard InChI is InChI=1S/C18H22N2OS.ClH/c1-12-2-7-16-14(10-12)11-17(22-16)18(21)20-9-8-13-3-5-15(19)6-4-13;/h3-6,11-12H,2,7-10,19H2,1H3,(H,20,21);1H. The van der Waals surface area contributed by atoms with E-state index in [1.807, 2.05) is 24.3 Å². The highest BCUT2D eigenvalue weighted by Gasteiger charge is 2.20. The van der Waals surface area contributed by atoms with Gasteiger partial charge in [-0.25, -0.2) is 0 Å². The number of hydrogen-bond acceptors (Lipinski definition) is 3. The Morgan fingerprint density at radius 2 is 2.09 bits per heavy atom. The number of nitrogen functional groups attached to an aromatic ring is 1. The second-order valence-corrected chi connectivity index (χ2v) is 7.29. The number of carbonyl (C=O) groups is 1. The topological polar surface area (TPSA) is 55.1 Å². The summed E-state index contributed by atoms with van der Waals surface area (Å²) in [5, 5.41) is 3.02. The lowest BCUT2D eigenvalue weighted by Crippen LogP contribution is -2.24. The van der Waals surface area contributed by atoms with Crippen molar-refractivity contribution in [2.24, 2.45) is 5.92 Å². The van der Waals surface area contributed by atoms with E-state index in [1.54, 1.807) is 11.3 Å². The molecular weight excluding hydrogens is 328 g/mol. The molecule has 0 saturated carbocycles. The molecule has 2 aromatic rings. The molecule has 1 amide bonds. The van der Waals surface area contributed by atoms with E-state index in [-0.39, 0.29) is 18.3 Å². The molecule has 3 nitrogen and oxygen atoms in total. The van der Waals surface area contributed by atoms with Crippen molar-refractivity contribution in [2.45, 2.75) is 32.6 Å². The summed E-state index contributed by atoms with van der Waals surface area (Å²) >= 11 is 1.67. The summed E-state index contributed by atoms with van der Waals surface area (Å²) in [7, 11) is 0. The minimum absolute atomic E-state index is 0. The molecule has 0 fully saturated rings. The van der Waals surface area contributed by atoms with Crippen LogP contribution in [0.2, 0.25) is 0 Å². The van der Waals surface area contributed by atoms with Crippen LogP contribution in [0.4, 0.5) is 5.69 Å². The average Bonchev–Trinajstić information content (AvgIpc) is 2.92. The van der Waals surface area contributed by atoms with Crippen LogP contribution in [0.3, 0.4) is 0 Å². The van der Waals surface area contributed by atoms with Gasteiger partial charge in [0.2, 0.25) is 0 Å². The second kappa shape index (κ2) is 7.84. The highest BCUT2D eigenvalue weighted by molar-refractivity contribution is 7.14. The quantitative estimate of drug-likeness (QED) is 0.823. The van der Waals surface area contributed by atoms with Gasteiger partial charge in [0.15, 0.2) is 0 Å². The van der Waals surface area contributed by atoms with Gasteiger partial charge in [-0.15, -0.1) is 23.7 Å². The van der Waals surface area contributed by atoms with Crippen molar-refractivity contribution >= 4 is 35.3 Å². The van der Waals surface area contributed by atoms with E-state index in [2.05, 4.69) is 18.3 Å². The van der Waals surface area contributed by atoms with E-state index in [4.69, 9.17) is 5.73 Å². The summed E-state index contributed by atoms with van der Waals surface area (Å²) < 4.78 is 0. The summed E-state index contributed by atoms with van der Waals surface area (Å²) in [6.07, 6.45) is 4.31. The van der Waals surface area contributed by atoms with Gasteiger partial charge in [-0.05, 0) is 60.9 Å². The maximum Gasteiger partial charge on any atom is 0.261 e. The molecule has 1 aliphatic rings. The molecule has 0 spiro atoms. The number of hydrogen-bond donors (Lipinski definition) is 2. The molecule has 0 bridgehead atoms. The van der Waals surface area contributed by atoms with E-state index in [0.717, 1.165) is 35.7 Å². The fraction of sp³-hybridized carbons (Fsp3) is 0.389. The van der Waals surface area contributed by atoms with Crippen LogP contribution in [0.25, 0.3) is 0 Å². The largest absolute Gasteiger partial charge is 0.399 e. The zero-order valence-electron chi connectivity index (χ0n) is 13.3. The fourth-order valence-electron chi connectivity index (χ4n) is 2.91. The zero-order chi connectivity index (χ0) is 15.5. The number of benzene rings is 1. The number of fused-ring (bicyclic) bond motifs is 1. The van der Waals surface area contributed by atoms with Gasteiger partial charge >= 0.3 is 0 Å². The smallest absolute Gasteiger partial charge is 0.261 e. The van der Waals surface area contributed by atoms with Crippen LogP contribution >= 0.6 is 23.7 Å². The van der Waals surface area contributed by atoms with Gasteiger partial charge in [0.25, 0.3) is 5.91 Å². The maximum atomic E-state index is 12.3. The molecule has 1 heterocycles. The van der Waals surface area contributed by atoms with E-state index in [1.165, 1.54) is 22.4 Å². The molecule has 1 atom stereocenters.